The minimum atomic E-state index is 0.378. The van der Waals surface area contributed by atoms with Gasteiger partial charge in [0.05, 0.1) is 17.6 Å². The topological polar surface area (TPSA) is 16.1 Å². The van der Waals surface area contributed by atoms with Crippen molar-refractivity contribution in [1.82, 2.24) is 9.88 Å². The number of halogens is 1. The molecule has 16 heavy (non-hydrogen) atoms. The monoisotopic (exact) mass is 260 g/mol. The highest BCUT2D eigenvalue weighted by molar-refractivity contribution is 7.09. The highest BCUT2D eigenvalue weighted by Gasteiger charge is 2.19. The summed E-state index contributed by atoms with van der Waals surface area (Å²) in [5, 5.41) is 3.22. The van der Waals surface area contributed by atoms with Gasteiger partial charge in [-0.05, 0) is 27.3 Å². The van der Waals surface area contributed by atoms with Crippen molar-refractivity contribution in [2.75, 3.05) is 7.05 Å². The summed E-state index contributed by atoms with van der Waals surface area (Å²) in [4.78, 5) is 6.93. The van der Waals surface area contributed by atoms with Gasteiger partial charge in [0.25, 0.3) is 0 Å². The van der Waals surface area contributed by atoms with Gasteiger partial charge in [0.2, 0.25) is 0 Å². The second kappa shape index (κ2) is 6.58. The number of nitrogens with zero attached hydrogens (tertiary/aromatic N) is 2. The Morgan fingerprint density at radius 2 is 2.19 bits per heavy atom. The van der Waals surface area contributed by atoms with E-state index in [9.17, 15) is 0 Å². The fraction of sp³-hybridized carbons (Fsp3) is 0.750. The van der Waals surface area contributed by atoms with Crippen molar-refractivity contribution >= 4 is 22.9 Å². The molecule has 0 aliphatic carbocycles. The number of thiazole rings is 1. The lowest BCUT2D eigenvalue weighted by molar-refractivity contribution is 0.187. The molecule has 2 atom stereocenters. The zero-order chi connectivity index (χ0) is 12.1. The van der Waals surface area contributed by atoms with Crippen LogP contribution in [0.5, 0.6) is 0 Å². The molecule has 0 saturated heterocycles. The third-order valence-electron chi connectivity index (χ3n) is 3.08. The SMILES string of the molecule is CCCC(C)N(C)C(C)c1nc(CCl)cs1. The van der Waals surface area contributed by atoms with Crippen LogP contribution in [0.3, 0.4) is 0 Å². The van der Waals surface area contributed by atoms with Gasteiger partial charge in [-0.3, -0.25) is 4.90 Å². The van der Waals surface area contributed by atoms with Crippen molar-refractivity contribution in [3.63, 3.8) is 0 Å². The molecule has 0 amide bonds. The van der Waals surface area contributed by atoms with Gasteiger partial charge < -0.3 is 0 Å². The highest BCUT2D eigenvalue weighted by atomic mass is 35.5. The molecule has 0 saturated carbocycles. The summed E-state index contributed by atoms with van der Waals surface area (Å²) in [6.45, 7) is 6.71. The summed E-state index contributed by atoms with van der Waals surface area (Å²) in [5.41, 5.74) is 0.991. The Morgan fingerprint density at radius 1 is 1.50 bits per heavy atom. The van der Waals surface area contributed by atoms with E-state index < -0.39 is 0 Å². The molecule has 92 valence electrons. The second-order valence-electron chi connectivity index (χ2n) is 4.29. The zero-order valence-electron chi connectivity index (χ0n) is 10.5. The Hall–Kier alpha value is -0.120. The first-order valence-electron chi connectivity index (χ1n) is 5.82. The average Bonchev–Trinajstić information content (AvgIpc) is 2.75. The van der Waals surface area contributed by atoms with E-state index in [2.05, 4.69) is 43.1 Å². The number of rotatable bonds is 6. The predicted molar refractivity (Wildman–Crippen MR) is 72.2 cm³/mol. The van der Waals surface area contributed by atoms with Gasteiger partial charge >= 0.3 is 0 Å². The van der Waals surface area contributed by atoms with Crippen molar-refractivity contribution in [1.29, 1.82) is 0 Å². The Morgan fingerprint density at radius 3 is 2.69 bits per heavy atom. The summed E-state index contributed by atoms with van der Waals surface area (Å²) < 4.78 is 0. The molecule has 0 spiro atoms. The summed E-state index contributed by atoms with van der Waals surface area (Å²) in [7, 11) is 2.17. The molecule has 2 unspecified atom stereocenters. The molecular formula is C12H21ClN2S. The van der Waals surface area contributed by atoms with Crippen molar-refractivity contribution in [3.05, 3.63) is 16.1 Å². The van der Waals surface area contributed by atoms with E-state index in [0.29, 0.717) is 18.0 Å². The van der Waals surface area contributed by atoms with E-state index in [-0.39, 0.29) is 0 Å². The highest BCUT2D eigenvalue weighted by Crippen LogP contribution is 2.25. The smallest absolute Gasteiger partial charge is 0.110 e. The van der Waals surface area contributed by atoms with Crippen LogP contribution in [0.4, 0.5) is 0 Å². The largest absolute Gasteiger partial charge is 0.295 e. The Bertz CT molecular complexity index is 314. The molecular weight excluding hydrogens is 240 g/mol. The normalized spacial score (nSPS) is 15.4. The molecule has 1 aromatic rings. The molecule has 2 nitrogen and oxygen atoms in total. The fourth-order valence-corrected chi connectivity index (χ4v) is 2.91. The van der Waals surface area contributed by atoms with Crippen LogP contribution in [-0.4, -0.2) is 23.0 Å². The van der Waals surface area contributed by atoms with E-state index in [1.165, 1.54) is 17.8 Å². The molecule has 4 heteroatoms. The Kier molecular flexibility index (Phi) is 5.73. The standard InChI is InChI=1S/C12H21ClN2S/c1-5-6-9(2)15(4)10(3)12-14-11(7-13)8-16-12/h8-10H,5-7H2,1-4H3. The van der Waals surface area contributed by atoms with Crippen LogP contribution in [0, 0.1) is 0 Å². The summed E-state index contributed by atoms with van der Waals surface area (Å²) in [6.07, 6.45) is 2.46. The van der Waals surface area contributed by atoms with Crippen LogP contribution < -0.4 is 0 Å². The quantitative estimate of drug-likeness (QED) is 0.717. The van der Waals surface area contributed by atoms with Gasteiger partial charge in [-0.2, -0.15) is 0 Å². The fourth-order valence-electron chi connectivity index (χ4n) is 1.75. The van der Waals surface area contributed by atoms with Crippen LogP contribution in [-0.2, 0) is 5.88 Å². The van der Waals surface area contributed by atoms with Crippen LogP contribution in [0.25, 0.3) is 0 Å². The predicted octanol–water partition coefficient (Wildman–Crippen LogP) is 4.06. The minimum Gasteiger partial charge on any atom is -0.295 e. The zero-order valence-corrected chi connectivity index (χ0v) is 12.1. The summed E-state index contributed by atoms with van der Waals surface area (Å²) in [6, 6.07) is 0.979. The molecule has 0 aliphatic heterocycles. The van der Waals surface area contributed by atoms with Gasteiger partial charge in [0.15, 0.2) is 0 Å². The lowest BCUT2D eigenvalue weighted by Crippen LogP contribution is -2.31. The van der Waals surface area contributed by atoms with Gasteiger partial charge in [-0.1, -0.05) is 13.3 Å². The lowest BCUT2D eigenvalue weighted by atomic mass is 10.1. The molecule has 1 aromatic heterocycles. The first-order valence-corrected chi connectivity index (χ1v) is 7.23. The lowest BCUT2D eigenvalue weighted by Gasteiger charge is -2.29. The first kappa shape index (κ1) is 13.9. The minimum absolute atomic E-state index is 0.378. The maximum Gasteiger partial charge on any atom is 0.110 e. The molecule has 0 fully saturated rings. The maximum atomic E-state index is 5.77. The van der Waals surface area contributed by atoms with Crippen molar-refractivity contribution in [2.45, 2.75) is 51.6 Å². The van der Waals surface area contributed by atoms with Crippen molar-refractivity contribution < 1.29 is 0 Å². The van der Waals surface area contributed by atoms with E-state index in [0.717, 1.165) is 5.69 Å². The van der Waals surface area contributed by atoms with Crippen LogP contribution in [0.1, 0.15) is 50.4 Å². The molecule has 0 bridgehead atoms. The van der Waals surface area contributed by atoms with Crippen LogP contribution in [0.15, 0.2) is 5.38 Å². The maximum absolute atomic E-state index is 5.77. The first-order chi connectivity index (χ1) is 7.60. The van der Waals surface area contributed by atoms with Crippen molar-refractivity contribution in [3.8, 4) is 0 Å². The van der Waals surface area contributed by atoms with Crippen molar-refractivity contribution in [2.24, 2.45) is 0 Å². The van der Waals surface area contributed by atoms with E-state index in [4.69, 9.17) is 11.6 Å². The third-order valence-corrected chi connectivity index (χ3v) is 4.41. The summed E-state index contributed by atoms with van der Waals surface area (Å²) in [5.74, 6) is 0.511. The van der Waals surface area contributed by atoms with E-state index >= 15 is 0 Å². The molecule has 0 aromatic carbocycles. The number of hydrogen-bond donors (Lipinski definition) is 0. The Labute approximate surface area is 108 Å². The molecule has 1 heterocycles. The third kappa shape index (κ3) is 3.44. The number of hydrogen-bond acceptors (Lipinski definition) is 3. The molecule has 0 radical (unpaired) electrons. The second-order valence-corrected chi connectivity index (χ2v) is 5.45. The van der Waals surface area contributed by atoms with Gasteiger partial charge in [0, 0.05) is 11.4 Å². The van der Waals surface area contributed by atoms with Gasteiger partial charge in [-0.25, -0.2) is 4.98 Å². The molecule has 0 aliphatic rings. The van der Waals surface area contributed by atoms with Crippen LogP contribution in [0.2, 0.25) is 0 Å². The van der Waals surface area contributed by atoms with E-state index in [1.807, 2.05) is 0 Å². The van der Waals surface area contributed by atoms with Gasteiger partial charge in [-0.15, -0.1) is 22.9 Å². The molecule has 1 rings (SSSR count). The Balaban J connectivity index is 2.65. The molecule has 0 N–H and O–H groups in total. The summed E-state index contributed by atoms with van der Waals surface area (Å²) >= 11 is 7.48. The van der Waals surface area contributed by atoms with E-state index in [1.54, 1.807) is 11.3 Å². The number of aromatic nitrogens is 1. The van der Waals surface area contributed by atoms with Gasteiger partial charge in [0.1, 0.15) is 5.01 Å². The van der Waals surface area contributed by atoms with Crippen LogP contribution >= 0.6 is 22.9 Å². The number of alkyl halides is 1. The average molecular weight is 261 g/mol.